The van der Waals surface area contributed by atoms with Gasteiger partial charge in [0, 0.05) is 12.1 Å². The zero-order valence-corrected chi connectivity index (χ0v) is 10.5. The van der Waals surface area contributed by atoms with Crippen LogP contribution in [0.2, 0.25) is 0 Å². The molecule has 2 aliphatic rings. The van der Waals surface area contributed by atoms with Crippen LogP contribution in [0.15, 0.2) is 6.07 Å². The third kappa shape index (κ3) is 2.35. The molecule has 0 unspecified atom stereocenters. The molecule has 5 heteroatoms. The summed E-state index contributed by atoms with van der Waals surface area (Å²) in [6, 6.07) is 2.05. The maximum Gasteiger partial charge on any atom is 0.272 e. The lowest BCUT2D eigenvalue weighted by molar-refractivity contribution is 0.0927. The van der Waals surface area contributed by atoms with Crippen molar-refractivity contribution in [3.63, 3.8) is 0 Å². The Kier molecular flexibility index (Phi) is 3.21. The first-order valence-corrected chi connectivity index (χ1v) is 6.84. The smallest absolute Gasteiger partial charge is 0.272 e. The summed E-state index contributed by atoms with van der Waals surface area (Å²) in [5, 5.41) is 7.35. The van der Waals surface area contributed by atoms with Crippen LogP contribution in [0.3, 0.4) is 0 Å². The highest BCUT2D eigenvalue weighted by Gasteiger charge is 2.21. The lowest BCUT2D eigenvalue weighted by Gasteiger charge is -2.15. The van der Waals surface area contributed by atoms with Crippen LogP contribution in [0.5, 0.6) is 5.88 Å². The second-order valence-electron chi connectivity index (χ2n) is 5.10. The van der Waals surface area contributed by atoms with Crippen LogP contribution in [0.25, 0.3) is 0 Å². The Balaban J connectivity index is 1.63. The van der Waals surface area contributed by atoms with Crippen LogP contribution in [0.1, 0.15) is 49.0 Å². The zero-order chi connectivity index (χ0) is 12.4. The number of hydrogen-bond acceptors (Lipinski definition) is 3. The van der Waals surface area contributed by atoms with Crippen LogP contribution in [0, 0.1) is 0 Å². The molecule has 0 saturated heterocycles. The van der Waals surface area contributed by atoms with Gasteiger partial charge in [0.15, 0.2) is 5.69 Å². The summed E-state index contributed by atoms with van der Waals surface area (Å²) in [5.41, 5.74) is 0.481. The Labute approximate surface area is 107 Å². The quantitative estimate of drug-likeness (QED) is 0.812. The first kappa shape index (κ1) is 11.6. The van der Waals surface area contributed by atoms with Crippen molar-refractivity contribution in [2.24, 2.45) is 0 Å². The molecular weight excluding hydrogens is 230 g/mol. The molecule has 1 N–H and O–H groups in total. The monoisotopic (exact) mass is 249 g/mol. The molecule has 98 valence electrons. The number of nitrogens with one attached hydrogen (secondary N) is 1. The van der Waals surface area contributed by atoms with Gasteiger partial charge in [-0.15, -0.1) is 0 Å². The second-order valence-corrected chi connectivity index (χ2v) is 5.10. The van der Waals surface area contributed by atoms with Gasteiger partial charge in [-0.25, -0.2) is 4.68 Å². The van der Waals surface area contributed by atoms with Crippen molar-refractivity contribution in [1.82, 2.24) is 15.1 Å². The van der Waals surface area contributed by atoms with Crippen molar-refractivity contribution in [3.8, 4) is 5.88 Å². The topological polar surface area (TPSA) is 56.2 Å². The van der Waals surface area contributed by atoms with E-state index < -0.39 is 0 Å². The molecule has 1 aliphatic carbocycles. The predicted molar refractivity (Wildman–Crippen MR) is 66.7 cm³/mol. The largest absolute Gasteiger partial charge is 0.476 e. The average molecular weight is 249 g/mol. The number of amides is 1. The molecule has 0 spiro atoms. The summed E-state index contributed by atoms with van der Waals surface area (Å²) in [5.74, 6) is 0.647. The van der Waals surface area contributed by atoms with Gasteiger partial charge in [0.25, 0.3) is 5.91 Å². The van der Waals surface area contributed by atoms with Gasteiger partial charge in [-0.2, -0.15) is 5.10 Å². The zero-order valence-electron chi connectivity index (χ0n) is 10.5. The summed E-state index contributed by atoms with van der Waals surface area (Å²) in [7, 11) is 0. The summed E-state index contributed by atoms with van der Waals surface area (Å²) < 4.78 is 7.11. The molecule has 5 nitrogen and oxygen atoms in total. The SMILES string of the molecule is O=C(NC1CCCCCC1)c1cc2n(n1)CCO2. The first-order valence-electron chi connectivity index (χ1n) is 6.84. The predicted octanol–water partition coefficient (Wildman–Crippen LogP) is 1.73. The van der Waals surface area contributed by atoms with Gasteiger partial charge in [-0.3, -0.25) is 4.79 Å². The van der Waals surface area contributed by atoms with Crippen molar-refractivity contribution in [1.29, 1.82) is 0 Å². The molecule has 1 aromatic heterocycles. The molecule has 18 heavy (non-hydrogen) atoms. The van der Waals surface area contributed by atoms with Crippen LogP contribution < -0.4 is 10.1 Å². The molecule has 0 aromatic carbocycles. The van der Waals surface area contributed by atoms with Gasteiger partial charge in [0.1, 0.15) is 6.61 Å². The molecule has 1 fully saturated rings. The maximum atomic E-state index is 12.1. The highest BCUT2D eigenvalue weighted by molar-refractivity contribution is 5.92. The number of aromatic nitrogens is 2. The van der Waals surface area contributed by atoms with Crippen molar-refractivity contribution in [2.75, 3.05) is 6.61 Å². The van der Waals surface area contributed by atoms with E-state index in [9.17, 15) is 4.79 Å². The Morgan fingerprint density at radius 3 is 2.83 bits per heavy atom. The number of nitrogens with zero attached hydrogens (tertiary/aromatic N) is 2. The summed E-state index contributed by atoms with van der Waals surface area (Å²) in [6.45, 7) is 1.40. The van der Waals surface area contributed by atoms with Crippen LogP contribution in [-0.4, -0.2) is 28.3 Å². The maximum absolute atomic E-state index is 12.1. The molecule has 1 saturated carbocycles. The van der Waals surface area contributed by atoms with Crippen LogP contribution in [-0.2, 0) is 6.54 Å². The lowest BCUT2D eigenvalue weighted by Crippen LogP contribution is -2.34. The lowest BCUT2D eigenvalue weighted by atomic mass is 10.1. The summed E-state index contributed by atoms with van der Waals surface area (Å²) >= 11 is 0. The van der Waals surface area contributed by atoms with E-state index in [-0.39, 0.29) is 5.91 Å². The van der Waals surface area contributed by atoms with Gasteiger partial charge in [-0.05, 0) is 12.8 Å². The van der Waals surface area contributed by atoms with Gasteiger partial charge < -0.3 is 10.1 Å². The van der Waals surface area contributed by atoms with Crippen molar-refractivity contribution in [2.45, 2.75) is 51.1 Å². The standard InChI is InChI=1S/C13H19N3O2/c17-13(14-10-5-3-1-2-4-6-10)11-9-12-16(15-11)7-8-18-12/h9-10H,1-8H2,(H,14,17). The molecule has 0 bridgehead atoms. The molecule has 3 rings (SSSR count). The van der Waals surface area contributed by atoms with E-state index in [0.29, 0.717) is 24.2 Å². The van der Waals surface area contributed by atoms with Gasteiger partial charge in [-0.1, -0.05) is 25.7 Å². The molecule has 0 atom stereocenters. The van der Waals surface area contributed by atoms with E-state index in [2.05, 4.69) is 10.4 Å². The number of hydrogen-bond donors (Lipinski definition) is 1. The summed E-state index contributed by atoms with van der Waals surface area (Å²) in [6.07, 6.45) is 7.20. The minimum Gasteiger partial charge on any atom is -0.476 e. The third-order valence-corrected chi connectivity index (χ3v) is 3.72. The van der Waals surface area contributed by atoms with E-state index in [0.717, 1.165) is 19.4 Å². The van der Waals surface area contributed by atoms with Crippen LogP contribution >= 0.6 is 0 Å². The summed E-state index contributed by atoms with van der Waals surface area (Å²) in [4.78, 5) is 12.1. The fourth-order valence-corrected chi connectivity index (χ4v) is 2.71. The highest BCUT2D eigenvalue weighted by Crippen LogP contribution is 2.20. The molecule has 1 amide bonds. The van der Waals surface area contributed by atoms with E-state index in [1.54, 1.807) is 10.7 Å². The molecule has 1 aromatic rings. The number of carbonyl (C=O) groups excluding carboxylic acids is 1. The van der Waals surface area contributed by atoms with Gasteiger partial charge in [0.05, 0.1) is 6.54 Å². The normalized spacial score (nSPS) is 20.0. The Hall–Kier alpha value is -1.52. The first-order chi connectivity index (χ1) is 8.83. The highest BCUT2D eigenvalue weighted by atomic mass is 16.5. The minimum absolute atomic E-state index is 0.0626. The number of carbonyl (C=O) groups is 1. The fraction of sp³-hybridized carbons (Fsp3) is 0.692. The van der Waals surface area contributed by atoms with E-state index in [4.69, 9.17) is 4.74 Å². The Morgan fingerprint density at radius 2 is 2.11 bits per heavy atom. The van der Waals surface area contributed by atoms with Crippen molar-refractivity contribution < 1.29 is 9.53 Å². The Bertz CT molecular complexity index is 412. The molecule has 1 aliphatic heterocycles. The van der Waals surface area contributed by atoms with Crippen LogP contribution in [0.4, 0.5) is 0 Å². The Morgan fingerprint density at radius 1 is 1.33 bits per heavy atom. The molecule has 2 heterocycles. The van der Waals surface area contributed by atoms with Crippen molar-refractivity contribution >= 4 is 5.91 Å². The number of ether oxygens (including phenoxy) is 1. The molecular formula is C13H19N3O2. The van der Waals surface area contributed by atoms with Gasteiger partial charge in [0.2, 0.25) is 5.88 Å². The third-order valence-electron chi connectivity index (χ3n) is 3.72. The number of rotatable bonds is 2. The van der Waals surface area contributed by atoms with E-state index in [1.165, 1.54) is 25.7 Å². The second kappa shape index (κ2) is 5.00. The molecule has 0 radical (unpaired) electrons. The van der Waals surface area contributed by atoms with Gasteiger partial charge >= 0.3 is 0 Å². The van der Waals surface area contributed by atoms with Crippen molar-refractivity contribution in [3.05, 3.63) is 11.8 Å². The van der Waals surface area contributed by atoms with E-state index >= 15 is 0 Å². The fourth-order valence-electron chi connectivity index (χ4n) is 2.71. The number of fused-ring (bicyclic) bond motifs is 1. The minimum atomic E-state index is -0.0626. The van der Waals surface area contributed by atoms with E-state index in [1.807, 2.05) is 0 Å². The average Bonchev–Trinajstić information content (AvgIpc) is 2.85.